The van der Waals surface area contributed by atoms with Gasteiger partial charge in [-0.3, -0.25) is 20.8 Å². The number of amides is 1. The molecule has 2 rings (SSSR count). The average Bonchev–Trinajstić information content (AvgIpc) is 3.30. The quantitative estimate of drug-likeness (QED) is 0.387. The Kier molecular flexibility index (Phi) is 4.71. The van der Waals surface area contributed by atoms with Crippen molar-refractivity contribution >= 4 is 17.3 Å². The highest BCUT2D eigenvalue weighted by atomic mass is 16.6. The summed E-state index contributed by atoms with van der Waals surface area (Å²) in [6.45, 7) is 1.23. The molecular formula is C13H19N5O3. The number of nitro groups is 1. The highest BCUT2D eigenvalue weighted by Gasteiger charge is 2.26. The van der Waals surface area contributed by atoms with Crippen molar-refractivity contribution in [2.45, 2.75) is 18.9 Å². The predicted octanol–water partition coefficient (Wildman–Crippen LogP) is 0.704. The summed E-state index contributed by atoms with van der Waals surface area (Å²) in [6.07, 6.45) is 2.41. The fourth-order valence-corrected chi connectivity index (χ4v) is 2.17. The van der Waals surface area contributed by atoms with Crippen LogP contribution in [-0.2, 0) is 0 Å². The van der Waals surface area contributed by atoms with Crippen molar-refractivity contribution in [2.24, 2.45) is 5.84 Å². The second-order valence-electron chi connectivity index (χ2n) is 5.07. The molecule has 1 aliphatic carbocycles. The molecule has 21 heavy (non-hydrogen) atoms. The van der Waals surface area contributed by atoms with Gasteiger partial charge in [0.05, 0.1) is 10.5 Å². The lowest BCUT2D eigenvalue weighted by atomic mass is 10.1. The van der Waals surface area contributed by atoms with Crippen LogP contribution in [0, 0.1) is 10.1 Å². The van der Waals surface area contributed by atoms with Crippen LogP contribution >= 0.6 is 0 Å². The van der Waals surface area contributed by atoms with Gasteiger partial charge in [0.1, 0.15) is 5.69 Å². The van der Waals surface area contributed by atoms with Crippen LogP contribution in [0.25, 0.3) is 0 Å². The number of hydrazine groups is 1. The van der Waals surface area contributed by atoms with Crippen molar-refractivity contribution in [3.8, 4) is 0 Å². The molecule has 0 saturated heterocycles. The van der Waals surface area contributed by atoms with Crippen molar-refractivity contribution in [3.05, 3.63) is 33.9 Å². The Balaban J connectivity index is 2.01. The number of nitrogens with two attached hydrogens (primary N) is 1. The first-order chi connectivity index (χ1) is 10.0. The van der Waals surface area contributed by atoms with E-state index >= 15 is 0 Å². The number of hydrogen-bond donors (Lipinski definition) is 3. The Labute approximate surface area is 122 Å². The summed E-state index contributed by atoms with van der Waals surface area (Å²) in [5.41, 5.74) is 2.21. The Morgan fingerprint density at radius 3 is 2.81 bits per heavy atom. The molecule has 0 heterocycles. The van der Waals surface area contributed by atoms with Crippen LogP contribution < -0.4 is 16.6 Å². The minimum absolute atomic E-state index is 0.0237. The van der Waals surface area contributed by atoms with E-state index in [0.29, 0.717) is 12.6 Å². The van der Waals surface area contributed by atoms with Gasteiger partial charge in [-0.25, -0.2) is 0 Å². The third-order valence-corrected chi connectivity index (χ3v) is 3.55. The van der Waals surface area contributed by atoms with Crippen molar-refractivity contribution in [1.82, 2.24) is 10.2 Å². The number of nitrogen functional groups attached to an aromatic ring is 1. The summed E-state index contributed by atoms with van der Waals surface area (Å²) in [5.74, 6) is 4.93. The molecule has 0 radical (unpaired) electrons. The summed E-state index contributed by atoms with van der Waals surface area (Å²) >= 11 is 0. The highest BCUT2D eigenvalue weighted by molar-refractivity contribution is 6.01. The largest absolute Gasteiger partial charge is 0.351 e. The van der Waals surface area contributed by atoms with E-state index in [-0.39, 0.29) is 22.8 Å². The van der Waals surface area contributed by atoms with Gasteiger partial charge in [0.2, 0.25) is 0 Å². The zero-order chi connectivity index (χ0) is 15.4. The molecule has 1 aromatic carbocycles. The molecule has 8 heteroatoms. The van der Waals surface area contributed by atoms with E-state index in [1.54, 1.807) is 0 Å². The second kappa shape index (κ2) is 6.51. The number of nitro benzene ring substituents is 1. The molecule has 0 aliphatic heterocycles. The number of benzene rings is 1. The van der Waals surface area contributed by atoms with Crippen LogP contribution in [0.2, 0.25) is 0 Å². The van der Waals surface area contributed by atoms with Gasteiger partial charge in [-0.15, -0.1) is 0 Å². The summed E-state index contributed by atoms with van der Waals surface area (Å²) in [4.78, 5) is 24.6. The number of hydrogen-bond acceptors (Lipinski definition) is 6. The number of anilines is 1. The van der Waals surface area contributed by atoms with E-state index in [0.717, 1.165) is 6.54 Å². The van der Waals surface area contributed by atoms with E-state index in [9.17, 15) is 14.9 Å². The first-order valence-electron chi connectivity index (χ1n) is 6.77. The second-order valence-corrected chi connectivity index (χ2v) is 5.07. The Bertz CT molecular complexity index is 545. The van der Waals surface area contributed by atoms with E-state index in [1.165, 1.54) is 31.0 Å². The van der Waals surface area contributed by atoms with E-state index in [2.05, 4.69) is 15.6 Å². The minimum Gasteiger partial charge on any atom is -0.351 e. The molecule has 0 aromatic heterocycles. The van der Waals surface area contributed by atoms with Gasteiger partial charge in [0.15, 0.2) is 0 Å². The molecular weight excluding hydrogens is 274 g/mol. The van der Waals surface area contributed by atoms with E-state index < -0.39 is 4.92 Å². The molecule has 1 aromatic rings. The maximum Gasteiger partial charge on any atom is 0.294 e. The summed E-state index contributed by atoms with van der Waals surface area (Å²) in [7, 11) is 2.02. The van der Waals surface area contributed by atoms with Crippen LogP contribution in [0.4, 0.5) is 11.4 Å². The average molecular weight is 293 g/mol. The molecule has 8 nitrogen and oxygen atoms in total. The Morgan fingerprint density at radius 1 is 1.52 bits per heavy atom. The lowest BCUT2D eigenvalue weighted by Crippen LogP contribution is -2.34. The maximum absolute atomic E-state index is 12.1. The zero-order valence-corrected chi connectivity index (χ0v) is 11.8. The standard InChI is InChI=1S/C13H19N5O3/c1-17(9-5-6-9)8-7-15-13(19)10-3-2-4-11(18(20)21)12(10)16-14/h2-4,9,16H,5-8,14H2,1H3,(H,15,19). The number of carbonyl (C=O) groups excluding carboxylic acids is 1. The lowest BCUT2D eigenvalue weighted by molar-refractivity contribution is -0.384. The molecule has 1 fully saturated rings. The van der Waals surface area contributed by atoms with Gasteiger partial charge >= 0.3 is 0 Å². The van der Waals surface area contributed by atoms with Crippen molar-refractivity contribution < 1.29 is 9.72 Å². The third kappa shape index (κ3) is 3.67. The van der Waals surface area contributed by atoms with Gasteiger partial charge in [-0.1, -0.05) is 6.07 Å². The minimum atomic E-state index is -0.577. The smallest absolute Gasteiger partial charge is 0.294 e. The summed E-state index contributed by atoms with van der Waals surface area (Å²) in [5, 5.41) is 13.7. The molecule has 4 N–H and O–H groups in total. The van der Waals surface area contributed by atoms with E-state index in [1.807, 2.05) is 7.05 Å². The first-order valence-corrected chi connectivity index (χ1v) is 6.77. The SMILES string of the molecule is CN(CCNC(=O)c1cccc([N+](=O)[O-])c1NN)C1CC1. The molecule has 114 valence electrons. The van der Waals surface area contributed by atoms with Crippen molar-refractivity contribution in [3.63, 3.8) is 0 Å². The van der Waals surface area contributed by atoms with Crippen LogP contribution in [0.3, 0.4) is 0 Å². The maximum atomic E-state index is 12.1. The third-order valence-electron chi connectivity index (χ3n) is 3.55. The van der Waals surface area contributed by atoms with Gasteiger partial charge in [0.25, 0.3) is 11.6 Å². The molecule has 0 unspecified atom stereocenters. The lowest BCUT2D eigenvalue weighted by Gasteiger charge is -2.16. The number of carbonyl (C=O) groups is 1. The normalized spacial score (nSPS) is 14.0. The number of para-hydroxylation sites is 1. The number of rotatable bonds is 7. The van der Waals surface area contributed by atoms with E-state index in [4.69, 9.17) is 5.84 Å². The topological polar surface area (TPSA) is 114 Å². The molecule has 0 bridgehead atoms. The summed E-state index contributed by atoms with van der Waals surface area (Å²) < 4.78 is 0. The molecule has 1 saturated carbocycles. The fourth-order valence-electron chi connectivity index (χ4n) is 2.17. The van der Waals surface area contributed by atoms with Gasteiger partial charge in [0, 0.05) is 25.2 Å². The monoisotopic (exact) mass is 293 g/mol. The number of nitrogens with zero attached hydrogens (tertiary/aromatic N) is 2. The van der Waals surface area contributed by atoms with Gasteiger partial charge in [-0.05, 0) is 26.0 Å². The zero-order valence-electron chi connectivity index (χ0n) is 11.8. The fraction of sp³-hybridized carbons (Fsp3) is 0.462. The molecule has 1 aliphatic rings. The predicted molar refractivity (Wildman–Crippen MR) is 78.9 cm³/mol. The van der Waals surface area contributed by atoms with Crippen molar-refractivity contribution in [2.75, 3.05) is 25.6 Å². The van der Waals surface area contributed by atoms with Gasteiger partial charge in [-0.2, -0.15) is 0 Å². The van der Waals surface area contributed by atoms with Crippen LogP contribution in [0.15, 0.2) is 18.2 Å². The Hall–Kier alpha value is -2.19. The van der Waals surface area contributed by atoms with Crippen LogP contribution in [0.1, 0.15) is 23.2 Å². The van der Waals surface area contributed by atoms with Gasteiger partial charge < -0.3 is 15.6 Å². The van der Waals surface area contributed by atoms with Crippen LogP contribution in [0.5, 0.6) is 0 Å². The number of nitrogens with one attached hydrogen (secondary N) is 2. The number of likely N-dealkylation sites (N-methyl/N-ethyl adjacent to an activating group) is 1. The van der Waals surface area contributed by atoms with Crippen molar-refractivity contribution in [1.29, 1.82) is 0 Å². The Morgan fingerprint density at radius 2 is 2.24 bits per heavy atom. The molecule has 0 spiro atoms. The molecule has 1 amide bonds. The summed E-state index contributed by atoms with van der Waals surface area (Å²) in [6, 6.07) is 4.89. The first kappa shape index (κ1) is 15.2. The highest BCUT2D eigenvalue weighted by Crippen LogP contribution is 2.27. The molecule has 0 atom stereocenters. The van der Waals surface area contributed by atoms with Crippen LogP contribution in [-0.4, -0.2) is 41.9 Å².